The van der Waals surface area contributed by atoms with E-state index in [2.05, 4.69) is 4.99 Å². The van der Waals surface area contributed by atoms with E-state index in [0.717, 1.165) is 34.0 Å². The van der Waals surface area contributed by atoms with Crippen molar-refractivity contribution in [2.75, 3.05) is 20.3 Å². The molecule has 31 heavy (non-hydrogen) atoms. The van der Waals surface area contributed by atoms with Crippen molar-refractivity contribution in [2.45, 2.75) is 6.92 Å². The number of methoxy groups -OCH3 is 1. The van der Waals surface area contributed by atoms with E-state index in [1.165, 1.54) is 0 Å². The Balaban J connectivity index is 1.75. The number of ether oxygens (including phenoxy) is 2. The second-order valence-corrected chi connectivity index (χ2v) is 7.97. The summed E-state index contributed by atoms with van der Waals surface area (Å²) in [6, 6.07) is 21.4. The molecule has 1 aliphatic rings. The first-order chi connectivity index (χ1) is 15.2. The molecule has 0 bridgehead atoms. The third kappa shape index (κ3) is 5.34. The number of hydrogen-bond donors (Lipinski definition) is 0. The van der Waals surface area contributed by atoms with E-state index in [1.54, 1.807) is 13.3 Å². The van der Waals surface area contributed by atoms with Gasteiger partial charge in [-0.25, -0.2) is 0 Å². The van der Waals surface area contributed by atoms with Gasteiger partial charge in [0.2, 0.25) is 0 Å². The van der Waals surface area contributed by atoms with Crippen molar-refractivity contribution in [3.8, 4) is 17.2 Å². The van der Waals surface area contributed by atoms with Crippen LogP contribution in [0, 0.1) is 0 Å². The molecule has 4 rings (SSSR count). The van der Waals surface area contributed by atoms with Gasteiger partial charge in [0.25, 0.3) is 0 Å². The van der Waals surface area contributed by atoms with Crippen molar-refractivity contribution in [2.24, 2.45) is 9.98 Å². The van der Waals surface area contributed by atoms with E-state index in [1.807, 2.05) is 73.7 Å². The number of aliphatic imine (C=N–C) groups is 2. The molecule has 3 aromatic rings. The first-order valence-electron chi connectivity index (χ1n) is 9.87. The Labute approximate surface area is 188 Å². The van der Waals surface area contributed by atoms with Gasteiger partial charge in [0.05, 0.1) is 0 Å². The van der Waals surface area contributed by atoms with Gasteiger partial charge in [0.15, 0.2) is 0 Å². The van der Waals surface area contributed by atoms with Crippen LogP contribution in [0.4, 0.5) is 11.4 Å². The zero-order chi connectivity index (χ0) is 21.5. The monoisotopic (exact) mass is 476 g/mol. The van der Waals surface area contributed by atoms with E-state index in [4.69, 9.17) is 22.0 Å². The number of rotatable bonds is 4. The summed E-state index contributed by atoms with van der Waals surface area (Å²) in [5.41, 5.74) is 4.21. The molecular weight excluding hydrogens is 453 g/mol. The number of fused-ring (bicyclic) bond motifs is 3. The quantitative estimate of drug-likeness (QED) is 0.398. The van der Waals surface area contributed by atoms with Gasteiger partial charge in [-0.3, -0.25) is 0 Å². The molecule has 0 saturated heterocycles. The fourth-order valence-corrected chi connectivity index (χ4v) is 4.26. The van der Waals surface area contributed by atoms with Crippen LogP contribution in [0.2, 0.25) is 0 Å². The van der Waals surface area contributed by atoms with Crippen LogP contribution < -0.4 is 12.3 Å². The van der Waals surface area contributed by atoms with Crippen molar-refractivity contribution in [3.63, 3.8) is 0 Å². The third-order valence-electron chi connectivity index (χ3n) is 4.63. The van der Waals surface area contributed by atoms with Crippen molar-refractivity contribution >= 4 is 39.4 Å². The van der Waals surface area contributed by atoms with Crippen LogP contribution in [0.25, 0.3) is 0 Å². The Kier molecular flexibility index (Phi) is 7.01. The summed E-state index contributed by atoms with van der Waals surface area (Å²) in [5.74, 6) is 2.14. The van der Waals surface area contributed by atoms with Crippen LogP contribution in [0.5, 0.6) is 17.2 Å². The molecule has 2 radical (unpaired) electrons. The number of nitrogens with zero attached hydrogens (tertiary/aromatic N) is 2. The molecule has 3 aromatic carbocycles. The van der Waals surface area contributed by atoms with E-state index in [0.29, 0.717) is 24.7 Å². The second-order valence-electron chi connectivity index (χ2n) is 6.77. The minimum absolute atomic E-state index is 0.466. The summed E-state index contributed by atoms with van der Waals surface area (Å²) in [6.45, 7) is 2.96. The van der Waals surface area contributed by atoms with Gasteiger partial charge in [-0.15, -0.1) is 0 Å². The molecule has 0 aliphatic carbocycles. The molecular formula is C24H22GeN2O4. The summed E-state index contributed by atoms with van der Waals surface area (Å²) in [6.07, 6.45) is 1.79. The van der Waals surface area contributed by atoms with Crippen LogP contribution in [0.1, 0.15) is 18.1 Å². The molecule has 6 nitrogen and oxygen atoms in total. The molecule has 0 amide bonds. The van der Waals surface area contributed by atoms with Crippen molar-refractivity contribution < 1.29 is 17.0 Å². The van der Waals surface area contributed by atoms with Crippen molar-refractivity contribution in [1.29, 1.82) is 0 Å². The SMILES string of the molecule is COCCOc1ccc2c(c1)[O][Ge][O]c1ccccc1C(C)=Nc1ccccc1N=C2. The number of benzene rings is 3. The van der Waals surface area contributed by atoms with E-state index in [9.17, 15) is 0 Å². The van der Waals surface area contributed by atoms with Crippen molar-refractivity contribution in [3.05, 3.63) is 77.9 Å². The normalized spacial score (nSPS) is 13.0. The molecule has 1 heterocycles. The Bertz CT molecular complexity index is 1110. The zero-order valence-corrected chi connectivity index (χ0v) is 19.5. The first kappa shape index (κ1) is 21.1. The van der Waals surface area contributed by atoms with Crippen LogP contribution in [-0.2, 0) is 4.74 Å². The summed E-state index contributed by atoms with van der Waals surface area (Å²) in [5, 5.41) is 0. The molecule has 1 aliphatic heterocycles. The maximum absolute atomic E-state index is 6.09. The molecule has 0 unspecified atom stereocenters. The van der Waals surface area contributed by atoms with Crippen LogP contribution in [0.15, 0.2) is 76.7 Å². The van der Waals surface area contributed by atoms with E-state index >= 15 is 0 Å². The Morgan fingerprint density at radius 2 is 1.65 bits per heavy atom. The molecule has 7 heteroatoms. The van der Waals surface area contributed by atoms with Gasteiger partial charge in [0, 0.05) is 0 Å². The molecule has 0 aromatic heterocycles. The first-order valence-corrected chi connectivity index (χ1v) is 11.6. The average molecular weight is 475 g/mol. The maximum atomic E-state index is 6.09. The summed E-state index contributed by atoms with van der Waals surface area (Å²) in [4.78, 5) is 9.51. The average Bonchev–Trinajstić information content (AvgIpc) is 2.80. The van der Waals surface area contributed by atoms with Gasteiger partial charge in [0.1, 0.15) is 0 Å². The molecule has 156 valence electrons. The number of hydrogen-bond acceptors (Lipinski definition) is 6. The fourth-order valence-electron chi connectivity index (χ4n) is 3.06. The topological polar surface area (TPSA) is 61.6 Å². The molecule has 0 atom stereocenters. The van der Waals surface area contributed by atoms with Crippen LogP contribution in [-0.4, -0.2) is 48.4 Å². The summed E-state index contributed by atoms with van der Waals surface area (Å²) >= 11 is -1.23. The predicted molar refractivity (Wildman–Crippen MR) is 123 cm³/mol. The second kappa shape index (κ2) is 10.3. The van der Waals surface area contributed by atoms with Gasteiger partial charge in [-0.1, -0.05) is 0 Å². The Hall–Kier alpha value is -3.10. The van der Waals surface area contributed by atoms with Crippen molar-refractivity contribution in [1.82, 2.24) is 0 Å². The van der Waals surface area contributed by atoms with Gasteiger partial charge >= 0.3 is 189 Å². The van der Waals surface area contributed by atoms with Crippen LogP contribution >= 0.6 is 0 Å². The molecule has 0 spiro atoms. The minimum atomic E-state index is -1.23. The standard InChI is InChI=1S/C24H22GeN2O4/c1-17-20-7-3-6-10-23(20)30-25-31-24-15-19(29-14-13-28-2)12-11-18(24)16-26-21-8-4-5-9-22(21)27-17/h3-12,15-16H,13-14H2,1-2H3. The molecule has 0 saturated carbocycles. The van der Waals surface area contributed by atoms with E-state index in [-0.39, 0.29) is 0 Å². The summed E-state index contributed by atoms with van der Waals surface area (Å²) < 4.78 is 23.0. The van der Waals surface area contributed by atoms with Gasteiger partial charge in [-0.05, 0) is 0 Å². The van der Waals surface area contributed by atoms with Gasteiger partial charge < -0.3 is 0 Å². The Morgan fingerprint density at radius 1 is 0.871 bits per heavy atom. The predicted octanol–water partition coefficient (Wildman–Crippen LogP) is 4.91. The Morgan fingerprint density at radius 3 is 2.52 bits per heavy atom. The molecule has 0 fully saturated rings. The zero-order valence-electron chi connectivity index (χ0n) is 17.4. The molecule has 0 N–H and O–H groups in total. The van der Waals surface area contributed by atoms with E-state index < -0.39 is 16.1 Å². The third-order valence-corrected chi connectivity index (χ3v) is 5.91. The van der Waals surface area contributed by atoms with Crippen LogP contribution in [0.3, 0.4) is 0 Å². The number of para-hydroxylation sites is 3. The fraction of sp³-hybridized carbons (Fsp3) is 0.167. The van der Waals surface area contributed by atoms with Gasteiger partial charge in [-0.2, -0.15) is 0 Å². The summed E-state index contributed by atoms with van der Waals surface area (Å²) in [7, 11) is 1.65.